The lowest BCUT2D eigenvalue weighted by Crippen LogP contribution is -2.13. The van der Waals surface area contributed by atoms with E-state index in [1.54, 1.807) is 24.3 Å². The van der Waals surface area contributed by atoms with Gasteiger partial charge in [0.25, 0.3) is 5.91 Å². The third-order valence-electron chi connectivity index (χ3n) is 4.93. The van der Waals surface area contributed by atoms with Crippen molar-refractivity contribution in [1.29, 1.82) is 0 Å². The number of phenolic OH excluding ortho intramolecular Hbond substituents is 1. The molecule has 0 aliphatic rings. The number of alkyl halides is 1. The van der Waals surface area contributed by atoms with E-state index in [0.717, 1.165) is 24.6 Å². The molecule has 0 fully saturated rings. The zero-order valence-electron chi connectivity index (χ0n) is 17.6. The highest BCUT2D eigenvalue weighted by Crippen LogP contribution is 2.34. The first kappa shape index (κ1) is 25.2. The number of halogens is 2. The summed E-state index contributed by atoms with van der Waals surface area (Å²) < 4.78 is 0. The maximum absolute atomic E-state index is 12.3. The first-order valence-corrected chi connectivity index (χ1v) is 12.3. The van der Waals surface area contributed by atoms with Crippen LogP contribution in [0.3, 0.4) is 0 Å². The quantitative estimate of drug-likeness (QED) is 0.152. The minimum Gasteiger partial charge on any atom is -0.506 e. The Balaban J connectivity index is 1.76. The van der Waals surface area contributed by atoms with E-state index in [1.165, 1.54) is 44.2 Å². The predicted molar refractivity (Wildman–Crippen MR) is 131 cm³/mol. The maximum atomic E-state index is 12.3. The van der Waals surface area contributed by atoms with Crippen molar-refractivity contribution in [3.05, 3.63) is 53.1 Å². The minimum atomic E-state index is -0.355. The molecular formula is C24H30BrClN2O3. The van der Waals surface area contributed by atoms with Crippen molar-refractivity contribution in [3.8, 4) is 5.75 Å². The van der Waals surface area contributed by atoms with Crippen molar-refractivity contribution in [2.75, 3.05) is 16.0 Å². The highest BCUT2D eigenvalue weighted by molar-refractivity contribution is 9.09. The molecule has 0 aliphatic carbocycles. The second kappa shape index (κ2) is 14.1. The fraction of sp³-hybridized carbons (Fsp3) is 0.417. The Labute approximate surface area is 197 Å². The van der Waals surface area contributed by atoms with Crippen LogP contribution in [0.15, 0.2) is 42.5 Å². The summed E-state index contributed by atoms with van der Waals surface area (Å²) in [5.41, 5.74) is 0.982. The fourth-order valence-corrected chi connectivity index (χ4v) is 3.80. The van der Waals surface area contributed by atoms with Crippen molar-refractivity contribution in [2.45, 2.75) is 57.8 Å². The van der Waals surface area contributed by atoms with Gasteiger partial charge < -0.3 is 15.7 Å². The van der Waals surface area contributed by atoms with Gasteiger partial charge in [0.15, 0.2) is 0 Å². The van der Waals surface area contributed by atoms with Gasteiger partial charge in [-0.25, -0.2) is 0 Å². The van der Waals surface area contributed by atoms with Crippen LogP contribution in [0, 0.1) is 0 Å². The molecule has 2 amide bonds. The molecule has 0 atom stereocenters. The lowest BCUT2D eigenvalue weighted by Gasteiger charge is -2.12. The van der Waals surface area contributed by atoms with Crippen LogP contribution in [-0.4, -0.2) is 22.3 Å². The number of carbonyl (C=O) groups excluding carboxylic acids is 2. The second-order valence-electron chi connectivity index (χ2n) is 7.48. The summed E-state index contributed by atoms with van der Waals surface area (Å²) >= 11 is 9.69. The van der Waals surface area contributed by atoms with Gasteiger partial charge in [-0.1, -0.05) is 84.3 Å². The first-order chi connectivity index (χ1) is 15.0. The van der Waals surface area contributed by atoms with Gasteiger partial charge in [-0.2, -0.15) is 0 Å². The smallest absolute Gasteiger partial charge is 0.255 e. The molecule has 0 aromatic heterocycles. The number of amides is 2. The molecule has 2 rings (SSSR count). The molecule has 0 saturated heterocycles. The third kappa shape index (κ3) is 9.32. The number of rotatable bonds is 13. The summed E-state index contributed by atoms with van der Waals surface area (Å²) in [4.78, 5) is 24.5. The molecular weight excluding hydrogens is 480 g/mol. The molecule has 0 heterocycles. The Kier molecular flexibility index (Phi) is 11.5. The van der Waals surface area contributed by atoms with E-state index in [9.17, 15) is 14.7 Å². The number of carbonyl (C=O) groups is 2. The Bertz CT molecular complexity index is 846. The Hall–Kier alpha value is -2.05. The predicted octanol–water partition coefficient (Wildman–Crippen LogP) is 7.14. The molecule has 0 radical (unpaired) electrons. The van der Waals surface area contributed by atoms with Crippen LogP contribution in [0.25, 0.3) is 0 Å². The molecule has 3 N–H and O–H groups in total. The number of hydrogen-bond acceptors (Lipinski definition) is 3. The summed E-state index contributed by atoms with van der Waals surface area (Å²) in [5.74, 6) is -0.657. The minimum absolute atomic E-state index is 0.139. The normalized spacial score (nSPS) is 10.6. The van der Waals surface area contributed by atoms with Gasteiger partial charge in [0.1, 0.15) is 5.75 Å². The van der Waals surface area contributed by atoms with E-state index in [-0.39, 0.29) is 28.3 Å². The van der Waals surface area contributed by atoms with Crippen molar-refractivity contribution >= 4 is 50.7 Å². The monoisotopic (exact) mass is 508 g/mol. The van der Waals surface area contributed by atoms with Crippen LogP contribution < -0.4 is 10.6 Å². The standard InChI is InChI=1S/C24H30BrClN2O3/c25-15-11-6-4-2-1-3-5-10-14-23(30)27-20-17-22(29)21(16-19(20)26)28-24(31)18-12-8-7-9-13-18/h7-9,12-13,16-17,29H,1-6,10-11,14-15H2,(H,27,30)(H,28,31). The highest BCUT2D eigenvalue weighted by atomic mass is 79.9. The van der Waals surface area contributed by atoms with Crippen LogP contribution in [0.2, 0.25) is 5.02 Å². The molecule has 2 aromatic rings. The SMILES string of the molecule is O=C(CCCCCCCCCCBr)Nc1cc(O)c(NC(=O)c2ccccc2)cc1Cl. The number of hydrogen-bond donors (Lipinski definition) is 3. The molecule has 0 aliphatic heterocycles. The van der Waals surface area contributed by atoms with Gasteiger partial charge in [0.05, 0.1) is 16.4 Å². The van der Waals surface area contributed by atoms with E-state index in [4.69, 9.17) is 11.6 Å². The fourth-order valence-electron chi connectivity index (χ4n) is 3.20. The topological polar surface area (TPSA) is 78.4 Å². The average Bonchev–Trinajstić information content (AvgIpc) is 2.76. The molecule has 168 valence electrons. The molecule has 0 spiro atoms. The third-order valence-corrected chi connectivity index (χ3v) is 5.80. The number of anilines is 2. The van der Waals surface area contributed by atoms with Crippen molar-refractivity contribution in [1.82, 2.24) is 0 Å². The molecule has 0 unspecified atom stereocenters. The van der Waals surface area contributed by atoms with Gasteiger partial charge in [0.2, 0.25) is 5.91 Å². The largest absolute Gasteiger partial charge is 0.506 e. The molecule has 0 saturated carbocycles. The Morgan fingerprint density at radius 2 is 1.45 bits per heavy atom. The van der Waals surface area contributed by atoms with Gasteiger partial charge in [-0.3, -0.25) is 9.59 Å². The highest BCUT2D eigenvalue weighted by Gasteiger charge is 2.13. The van der Waals surface area contributed by atoms with Gasteiger partial charge in [-0.05, 0) is 31.0 Å². The number of unbranched alkanes of at least 4 members (excludes halogenated alkanes) is 7. The second-order valence-corrected chi connectivity index (χ2v) is 8.69. The molecule has 5 nitrogen and oxygen atoms in total. The lowest BCUT2D eigenvalue weighted by molar-refractivity contribution is -0.116. The van der Waals surface area contributed by atoms with Crippen molar-refractivity contribution in [2.24, 2.45) is 0 Å². The van der Waals surface area contributed by atoms with Crippen LogP contribution in [-0.2, 0) is 4.79 Å². The summed E-state index contributed by atoms with van der Waals surface area (Å²) in [6.07, 6.45) is 9.63. The first-order valence-electron chi connectivity index (χ1n) is 10.8. The van der Waals surface area contributed by atoms with E-state index in [1.807, 2.05) is 6.07 Å². The van der Waals surface area contributed by atoms with Crippen LogP contribution in [0.1, 0.15) is 68.1 Å². The molecule has 2 aromatic carbocycles. The van der Waals surface area contributed by atoms with E-state index in [2.05, 4.69) is 26.6 Å². The van der Waals surface area contributed by atoms with E-state index < -0.39 is 0 Å². The van der Waals surface area contributed by atoms with Gasteiger partial charge in [0, 0.05) is 23.4 Å². The summed E-state index contributed by atoms with van der Waals surface area (Å²) in [6, 6.07) is 11.5. The summed E-state index contributed by atoms with van der Waals surface area (Å²) in [6.45, 7) is 0. The number of nitrogens with one attached hydrogen (secondary N) is 2. The van der Waals surface area contributed by atoms with Gasteiger partial charge >= 0.3 is 0 Å². The van der Waals surface area contributed by atoms with Crippen LogP contribution >= 0.6 is 27.5 Å². The summed E-state index contributed by atoms with van der Waals surface area (Å²) in [7, 11) is 0. The average molecular weight is 510 g/mol. The number of benzene rings is 2. The van der Waals surface area contributed by atoms with E-state index in [0.29, 0.717) is 17.7 Å². The Morgan fingerprint density at radius 3 is 2.10 bits per heavy atom. The number of aromatic hydroxyl groups is 1. The summed E-state index contributed by atoms with van der Waals surface area (Å²) in [5, 5.41) is 16.9. The molecule has 7 heteroatoms. The maximum Gasteiger partial charge on any atom is 0.255 e. The van der Waals surface area contributed by atoms with Gasteiger partial charge in [-0.15, -0.1) is 0 Å². The van der Waals surface area contributed by atoms with Crippen molar-refractivity contribution < 1.29 is 14.7 Å². The van der Waals surface area contributed by atoms with Crippen molar-refractivity contribution in [3.63, 3.8) is 0 Å². The molecule has 0 bridgehead atoms. The zero-order chi connectivity index (χ0) is 22.5. The Morgan fingerprint density at radius 1 is 0.839 bits per heavy atom. The van der Waals surface area contributed by atoms with Crippen LogP contribution in [0.5, 0.6) is 5.75 Å². The zero-order valence-corrected chi connectivity index (χ0v) is 20.0. The lowest BCUT2D eigenvalue weighted by atomic mass is 10.1. The van der Waals surface area contributed by atoms with E-state index >= 15 is 0 Å². The molecule has 31 heavy (non-hydrogen) atoms. The van der Waals surface area contributed by atoms with Crippen LogP contribution in [0.4, 0.5) is 11.4 Å². The number of phenols is 1.